The highest BCUT2D eigenvalue weighted by Gasteiger charge is 2.62. The van der Waals surface area contributed by atoms with E-state index in [0.717, 1.165) is 18.1 Å². The van der Waals surface area contributed by atoms with Gasteiger partial charge in [0.25, 0.3) is 5.91 Å². The molecule has 0 spiro atoms. The van der Waals surface area contributed by atoms with E-state index in [4.69, 9.17) is 0 Å². The van der Waals surface area contributed by atoms with E-state index in [-0.39, 0.29) is 11.3 Å². The van der Waals surface area contributed by atoms with Gasteiger partial charge >= 0.3 is 0 Å². The number of nitrogens with one attached hydrogen (secondary N) is 1. The van der Waals surface area contributed by atoms with Gasteiger partial charge in [0.2, 0.25) is 0 Å². The van der Waals surface area contributed by atoms with Crippen molar-refractivity contribution in [2.45, 2.75) is 32.6 Å². The predicted molar refractivity (Wildman–Crippen MR) is 89.9 cm³/mol. The molecule has 0 saturated heterocycles. The Morgan fingerprint density at radius 1 is 1.17 bits per heavy atom. The zero-order valence-electron chi connectivity index (χ0n) is 14.1. The van der Waals surface area contributed by atoms with E-state index in [9.17, 15) is 13.6 Å². The number of carbonyl (C=O) groups excluding carboxylic acids is 1. The maximum Gasteiger partial charge on any atom is 0.251 e. The smallest absolute Gasteiger partial charge is 0.251 e. The number of carbonyl (C=O) groups is 1. The van der Waals surface area contributed by atoms with Crippen LogP contribution in [-0.4, -0.2) is 12.5 Å². The molecule has 2 nitrogen and oxygen atoms in total. The molecule has 0 aliphatic heterocycles. The van der Waals surface area contributed by atoms with Gasteiger partial charge in [0.05, 0.1) is 0 Å². The fourth-order valence-electron chi connectivity index (χ4n) is 3.60. The molecule has 1 atom stereocenters. The largest absolute Gasteiger partial charge is 0.351 e. The molecule has 1 saturated carbocycles. The summed E-state index contributed by atoms with van der Waals surface area (Å²) in [6, 6.07) is 11.0. The van der Waals surface area contributed by atoms with Crippen LogP contribution in [0.4, 0.5) is 8.78 Å². The first-order valence-electron chi connectivity index (χ1n) is 8.06. The summed E-state index contributed by atoms with van der Waals surface area (Å²) in [5.41, 5.74) is 1.34. The minimum atomic E-state index is -0.589. The van der Waals surface area contributed by atoms with Gasteiger partial charge in [0.15, 0.2) is 0 Å². The molecule has 1 amide bonds. The lowest BCUT2D eigenvalue weighted by atomic mass is 9.87. The van der Waals surface area contributed by atoms with E-state index >= 15 is 0 Å². The van der Waals surface area contributed by atoms with Crippen LogP contribution in [0.1, 0.15) is 41.8 Å². The first kappa shape index (κ1) is 16.6. The topological polar surface area (TPSA) is 29.1 Å². The van der Waals surface area contributed by atoms with Gasteiger partial charge in [-0.2, -0.15) is 0 Å². The maximum atomic E-state index is 14.3. The number of benzene rings is 2. The summed E-state index contributed by atoms with van der Waals surface area (Å²) in [6.07, 6.45) is 0.747. The van der Waals surface area contributed by atoms with Crippen molar-refractivity contribution in [1.29, 1.82) is 0 Å². The Kier molecular flexibility index (Phi) is 3.94. The van der Waals surface area contributed by atoms with Gasteiger partial charge in [-0.1, -0.05) is 38.1 Å². The first-order valence-corrected chi connectivity index (χ1v) is 8.06. The fraction of sp³-hybridized carbons (Fsp3) is 0.350. The van der Waals surface area contributed by atoms with E-state index in [0.29, 0.717) is 17.7 Å². The van der Waals surface area contributed by atoms with Crippen LogP contribution in [-0.2, 0) is 5.41 Å². The van der Waals surface area contributed by atoms with Crippen LogP contribution in [0.15, 0.2) is 42.5 Å². The lowest BCUT2D eigenvalue weighted by Crippen LogP contribution is -2.35. The van der Waals surface area contributed by atoms with E-state index in [1.54, 1.807) is 6.07 Å². The molecule has 0 aromatic heterocycles. The molecule has 2 aromatic rings. The lowest BCUT2D eigenvalue weighted by molar-refractivity contribution is 0.0947. The number of hydrogen-bond donors (Lipinski definition) is 1. The summed E-state index contributed by atoms with van der Waals surface area (Å²) in [5, 5.41) is 2.94. The van der Waals surface area contributed by atoms with Crippen molar-refractivity contribution in [2.24, 2.45) is 5.41 Å². The molecule has 1 N–H and O–H groups in total. The summed E-state index contributed by atoms with van der Waals surface area (Å²) in [7, 11) is 0. The molecule has 3 rings (SSSR count). The highest BCUT2D eigenvalue weighted by molar-refractivity contribution is 5.95. The van der Waals surface area contributed by atoms with Crippen LogP contribution < -0.4 is 5.32 Å². The standard InChI is InChI=1S/C20H21F2NO/c1-13-6-4-5-7-15(13)18(24)23-12-20(11-19(20,2)3)16-9-8-14(21)10-17(16)22/h4-10H,11-12H2,1-3H3,(H,23,24). The van der Waals surface area contributed by atoms with Crippen molar-refractivity contribution in [3.05, 3.63) is 70.8 Å². The van der Waals surface area contributed by atoms with Crippen LogP contribution in [0.25, 0.3) is 0 Å². The van der Waals surface area contributed by atoms with E-state index in [1.165, 1.54) is 12.1 Å². The quantitative estimate of drug-likeness (QED) is 0.886. The van der Waals surface area contributed by atoms with Gasteiger partial charge < -0.3 is 5.32 Å². The zero-order valence-corrected chi connectivity index (χ0v) is 14.1. The van der Waals surface area contributed by atoms with Crippen molar-refractivity contribution in [1.82, 2.24) is 5.32 Å². The Hall–Kier alpha value is -2.23. The third-order valence-electron chi connectivity index (χ3n) is 5.30. The Balaban J connectivity index is 1.84. The molecule has 0 heterocycles. The molecule has 0 radical (unpaired) electrons. The molecule has 2 aromatic carbocycles. The molecule has 1 aliphatic carbocycles. The van der Waals surface area contributed by atoms with E-state index in [2.05, 4.69) is 5.32 Å². The molecule has 24 heavy (non-hydrogen) atoms. The summed E-state index contributed by atoms with van der Waals surface area (Å²) in [5.74, 6) is -1.31. The van der Waals surface area contributed by atoms with Crippen LogP contribution in [0.2, 0.25) is 0 Å². The third kappa shape index (κ3) is 2.70. The van der Waals surface area contributed by atoms with Crippen LogP contribution in [0, 0.1) is 24.0 Å². The number of rotatable bonds is 4. The van der Waals surface area contributed by atoms with Crippen molar-refractivity contribution in [2.75, 3.05) is 6.54 Å². The summed E-state index contributed by atoms with van der Waals surface area (Å²) in [4.78, 5) is 12.5. The van der Waals surface area contributed by atoms with Crippen LogP contribution in [0.3, 0.4) is 0 Å². The van der Waals surface area contributed by atoms with Gasteiger partial charge in [-0.3, -0.25) is 4.79 Å². The zero-order chi connectivity index (χ0) is 17.5. The maximum absolute atomic E-state index is 14.3. The monoisotopic (exact) mass is 329 g/mol. The average Bonchev–Trinajstić information content (AvgIpc) is 3.07. The van der Waals surface area contributed by atoms with Gasteiger partial charge in [-0.25, -0.2) is 8.78 Å². The first-order chi connectivity index (χ1) is 11.3. The molecule has 1 aliphatic rings. The lowest BCUT2D eigenvalue weighted by Gasteiger charge is -2.23. The molecular weight excluding hydrogens is 308 g/mol. The van der Waals surface area contributed by atoms with Gasteiger partial charge in [0, 0.05) is 23.6 Å². The minimum Gasteiger partial charge on any atom is -0.351 e. The fourth-order valence-corrected chi connectivity index (χ4v) is 3.60. The van der Waals surface area contributed by atoms with Crippen molar-refractivity contribution in [3.8, 4) is 0 Å². The highest BCUT2D eigenvalue weighted by Crippen LogP contribution is 2.64. The Morgan fingerprint density at radius 2 is 1.83 bits per heavy atom. The summed E-state index contributed by atoms with van der Waals surface area (Å²) < 4.78 is 27.5. The van der Waals surface area contributed by atoms with Crippen LogP contribution in [0.5, 0.6) is 0 Å². The predicted octanol–water partition coefficient (Wildman–Crippen LogP) is 4.37. The minimum absolute atomic E-state index is 0.148. The molecular formula is C20H21F2NO. The second kappa shape index (κ2) is 5.69. The van der Waals surface area contributed by atoms with Crippen molar-refractivity contribution < 1.29 is 13.6 Å². The van der Waals surface area contributed by atoms with Gasteiger partial charge in [-0.05, 0) is 42.0 Å². The normalized spacial score (nSPS) is 21.4. The van der Waals surface area contributed by atoms with E-state index in [1.807, 2.05) is 39.0 Å². The number of hydrogen-bond acceptors (Lipinski definition) is 1. The van der Waals surface area contributed by atoms with Gasteiger partial charge in [-0.15, -0.1) is 0 Å². The highest BCUT2D eigenvalue weighted by atomic mass is 19.1. The Morgan fingerprint density at radius 3 is 2.42 bits per heavy atom. The molecule has 4 heteroatoms. The van der Waals surface area contributed by atoms with E-state index < -0.39 is 17.0 Å². The molecule has 126 valence electrons. The number of amides is 1. The summed E-state index contributed by atoms with van der Waals surface area (Å²) >= 11 is 0. The third-order valence-corrected chi connectivity index (χ3v) is 5.30. The second-order valence-corrected chi connectivity index (χ2v) is 7.26. The average molecular weight is 329 g/mol. The van der Waals surface area contributed by atoms with Crippen molar-refractivity contribution in [3.63, 3.8) is 0 Å². The second-order valence-electron chi connectivity index (χ2n) is 7.26. The molecule has 1 fully saturated rings. The number of aryl methyl sites for hydroxylation is 1. The SMILES string of the molecule is Cc1ccccc1C(=O)NCC1(c2ccc(F)cc2F)CC1(C)C. The van der Waals surface area contributed by atoms with Gasteiger partial charge in [0.1, 0.15) is 11.6 Å². The summed E-state index contributed by atoms with van der Waals surface area (Å²) in [6.45, 7) is 6.28. The molecule has 1 unspecified atom stereocenters. The number of halogens is 2. The molecule has 0 bridgehead atoms. The Bertz CT molecular complexity index is 800. The van der Waals surface area contributed by atoms with Crippen LogP contribution >= 0.6 is 0 Å². The Labute approximate surface area is 140 Å². The van der Waals surface area contributed by atoms with Crippen molar-refractivity contribution >= 4 is 5.91 Å².